The van der Waals surface area contributed by atoms with Crippen LogP contribution in [0.15, 0.2) is 48.5 Å². The van der Waals surface area contributed by atoms with Crippen LogP contribution in [0, 0.1) is 5.82 Å². The Morgan fingerprint density at radius 1 is 1.06 bits per heavy atom. The fraction of sp³-hybridized carbons (Fsp3) is 0.143. The molecule has 0 amide bonds. The van der Waals surface area contributed by atoms with Crippen molar-refractivity contribution in [1.82, 2.24) is 0 Å². The molecule has 1 atom stereocenters. The Bertz CT molecular complexity index is 479. The number of benzene rings is 2. The summed E-state index contributed by atoms with van der Waals surface area (Å²) >= 11 is 0. The van der Waals surface area contributed by atoms with Crippen LogP contribution in [0.1, 0.15) is 24.0 Å². The maximum absolute atomic E-state index is 12.9. The molecule has 0 heterocycles. The molecule has 1 nitrogen and oxygen atoms in total. The lowest BCUT2D eigenvalue weighted by Crippen LogP contribution is -1.96. The van der Waals surface area contributed by atoms with Gasteiger partial charge in [-0.25, -0.2) is 4.39 Å². The zero-order valence-electron chi connectivity index (χ0n) is 9.02. The molecule has 16 heavy (non-hydrogen) atoms. The minimum absolute atomic E-state index is 0.0105. The highest BCUT2D eigenvalue weighted by Gasteiger charge is 2.12. The number of phenols is 1. The van der Waals surface area contributed by atoms with Gasteiger partial charge in [-0.2, -0.15) is 0 Å². The maximum Gasteiger partial charge on any atom is 0.126 e. The Morgan fingerprint density at radius 3 is 2.38 bits per heavy atom. The SMILES string of the molecule is CC(c1ccccc1)c1ccc(F)cc1O. The largest absolute Gasteiger partial charge is 0.508 e. The molecule has 2 rings (SSSR count). The number of halogens is 1. The minimum Gasteiger partial charge on any atom is -0.508 e. The van der Waals surface area contributed by atoms with E-state index >= 15 is 0 Å². The van der Waals surface area contributed by atoms with Gasteiger partial charge in [-0.1, -0.05) is 43.3 Å². The number of hydrogen-bond acceptors (Lipinski definition) is 1. The fourth-order valence-electron chi connectivity index (χ4n) is 1.80. The molecule has 2 aromatic rings. The first-order chi connectivity index (χ1) is 7.68. The third-order valence-electron chi connectivity index (χ3n) is 2.76. The predicted molar refractivity (Wildman–Crippen MR) is 62.0 cm³/mol. The molecule has 0 saturated carbocycles. The van der Waals surface area contributed by atoms with Gasteiger partial charge in [0.25, 0.3) is 0 Å². The molecule has 0 fully saturated rings. The first-order valence-corrected chi connectivity index (χ1v) is 5.22. The Morgan fingerprint density at radius 2 is 1.75 bits per heavy atom. The average molecular weight is 216 g/mol. The van der Waals surface area contributed by atoms with Gasteiger partial charge in [0.15, 0.2) is 0 Å². The van der Waals surface area contributed by atoms with Gasteiger partial charge in [0, 0.05) is 17.5 Å². The minimum atomic E-state index is -0.415. The molecular formula is C14H13FO. The van der Waals surface area contributed by atoms with Crippen molar-refractivity contribution in [2.45, 2.75) is 12.8 Å². The van der Waals surface area contributed by atoms with Gasteiger partial charge in [0.1, 0.15) is 11.6 Å². The molecule has 0 spiro atoms. The van der Waals surface area contributed by atoms with Crippen LogP contribution >= 0.6 is 0 Å². The van der Waals surface area contributed by atoms with E-state index in [9.17, 15) is 9.50 Å². The third-order valence-corrected chi connectivity index (χ3v) is 2.76. The van der Waals surface area contributed by atoms with E-state index in [-0.39, 0.29) is 11.7 Å². The molecule has 1 unspecified atom stereocenters. The quantitative estimate of drug-likeness (QED) is 0.811. The summed E-state index contributed by atoms with van der Waals surface area (Å²) in [6.07, 6.45) is 0. The average Bonchev–Trinajstić information content (AvgIpc) is 2.29. The summed E-state index contributed by atoms with van der Waals surface area (Å²) in [5.41, 5.74) is 1.84. The number of phenolic OH excluding ortho intramolecular Hbond substituents is 1. The summed E-state index contributed by atoms with van der Waals surface area (Å²) in [6, 6.07) is 14.0. The van der Waals surface area contributed by atoms with E-state index in [0.717, 1.165) is 17.2 Å². The monoisotopic (exact) mass is 216 g/mol. The molecule has 0 saturated heterocycles. The Balaban J connectivity index is 2.38. The molecule has 82 valence electrons. The van der Waals surface area contributed by atoms with Gasteiger partial charge < -0.3 is 5.11 Å². The second-order valence-electron chi connectivity index (χ2n) is 3.84. The van der Waals surface area contributed by atoms with E-state index in [1.165, 1.54) is 6.07 Å². The number of hydrogen-bond donors (Lipinski definition) is 1. The van der Waals surface area contributed by atoms with Crippen LogP contribution in [0.5, 0.6) is 5.75 Å². The molecule has 2 heteroatoms. The molecule has 2 aromatic carbocycles. The Hall–Kier alpha value is -1.83. The summed E-state index contributed by atoms with van der Waals surface area (Å²) in [5.74, 6) is -0.348. The second-order valence-corrected chi connectivity index (χ2v) is 3.84. The summed E-state index contributed by atoms with van der Waals surface area (Å²) in [7, 11) is 0. The normalized spacial score (nSPS) is 12.4. The molecule has 0 aliphatic rings. The zero-order chi connectivity index (χ0) is 11.5. The van der Waals surface area contributed by atoms with E-state index in [2.05, 4.69) is 0 Å². The predicted octanol–water partition coefficient (Wildman–Crippen LogP) is 3.68. The summed E-state index contributed by atoms with van der Waals surface area (Å²) in [6.45, 7) is 1.99. The van der Waals surface area contributed by atoms with Crippen LogP contribution in [0.4, 0.5) is 4.39 Å². The lowest BCUT2D eigenvalue weighted by atomic mass is 9.92. The van der Waals surface area contributed by atoms with Gasteiger partial charge in [-0.3, -0.25) is 0 Å². The Kier molecular flexibility index (Phi) is 2.91. The van der Waals surface area contributed by atoms with E-state index in [1.807, 2.05) is 37.3 Å². The Labute approximate surface area is 94.2 Å². The van der Waals surface area contributed by atoms with Crippen molar-refractivity contribution < 1.29 is 9.50 Å². The van der Waals surface area contributed by atoms with Crippen molar-refractivity contribution in [3.05, 3.63) is 65.5 Å². The topological polar surface area (TPSA) is 20.2 Å². The molecule has 0 radical (unpaired) electrons. The molecule has 1 N–H and O–H groups in total. The van der Waals surface area contributed by atoms with Crippen LogP contribution in [-0.2, 0) is 0 Å². The van der Waals surface area contributed by atoms with Crippen molar-refractivity contribution in [2.24, 2.45) is 0 Å². The van der Waals surface area contributed by atoms with Crippen LogP contribution in [0.2, 0.25) is 0 Å². The van der Waals surface area contributed by atoms with Crippen molar-refractivity contribution in [2.75, 3.05) is 0 Å². The first-order valence-electron chi connectivity index (χ1n) is 5.22. The molecule has 0 aliphatic heterocycles. The van der Waals surface area contributed by atoms with E-state index < -0.39 is 5.82 Å². The zero-order valence-corrected chi connectivity index (χ0v) is 9.02. The van der Waals surface area contributed by atoms with Gasteiger partial charge in [-0.05, 0) is 11.6 Å². The van der Waals surface area contributed by atoms with Gasteiger partial charge in [0.2, 0.25) is 0 Å². The summed E-state index contributed by atoms with van der Waals surface area (Å²) in [5, 5.41) is 9.68. The van der Waals surface area contributed by atoms with Crippen LogP contribution in [0.25, 0.3) is 0 Å². The maximum atomic E-state index is 12.9. The van der Waals surface area contributed by atoms with Gasteiger partial charge in [0.05, 0.1) is 0 Å². The molecule has 0 bridgehead atoms. The summed E-state index contributed by atoms with van der Waals surface area (Å²) < 4.78 is 12.9. The molecule has 0 aromatic heterocycles. The van der Waals surface area contributed by atoms with Crippen molar-refractivity contribution in [1.29, 1.82) is 0 Å². The first kappa shape index (κ1) is 10.7. The highest BCUT2D eigenvalue weighted by Crippen LogP contribution is 2.30. The van der Waals surface area contributed by atoms with Crippen LogP contribution in [-0.4, -0.2) is 5.11 Å². The highest BCUT2D eigenvalue weighted by molar-refractivity contribution is 5.40. The fourth-order valence-corrected chi connectivity index (χ4v) is 1.80. The second kappa shape index (κ2) is 4.35. The van der Waals surface area contributed by atoms with E-state index in [0.29, 0.717) is 0 Å². The highest BCUT2D eigenvalue weighted by atomic mass is 19.1. The van der Waals surface area contributed by atoms with Crippen molar-refractivity contribution in [3.8, 4) is 5.75 Å². The van der Waals surface area contributed by atoms with Crippen molar-refractivity contribution >= 4 is 0 Å². The van der Waals surface area contributed by atoms with Gasteiger partial charge in [-0.15, -0.1) is 0 Å². The lowest BCUT2D eigenvalue weighted by molar-refractivity contribution is 0.460. The summed E-state index contributed by atoms with van der Waals surface area (Å²) in [4.78, 5) is 0. The standard InChI is InChI=1S/C14H13FO/c1-10(11-5-3-2-4-6-11)13-8-7-12(15)9-14(13)16/h2-10,16H,1H3. The van der Waals surface area contributed by atoms with E-state index in [4.69, 9.17) is 0 Å². The number of aromatic hydroxyl groups is 1. The van der Waals surface area contributed by atoms with Crippen LogP contribution < -0.4 is 0 Å². The smallest absolute Gasteiger partial charge is 0.126 e. The lowest BCUT2D eigenvalue weighted by Gasteiger charge is -2.13. The van der Waals surface area contributed by atoms with Crippen molar-refractivity contribution in [3.63, 3.8) is 0 Å². The molecule has 0 aliphatic carbocycles. The molecular weight excluding hydrogens is 203 g/mol. The third kappa shape index (κ3) is 2.06. The van der Waals surface area contributed by atoms with E-state index in [1.54, 1.807) is 6.07 Å². The number of rotatable bonds is 2. The van der Waals surface area contributed by atoms with Crippen LogP contribution in [0.3, 0.4) is 0 Å². The van der Waals surface area contributed by atoms with Gasteiger partial charge >= 0.3 is 0 Å².